The second kappa shape index (κ2) is 11.0. The molecular formula is C51H40O. The molecule has 10 rings (SSSR count). The van der Waals surface area contributed by atoms with Crippen LogP contribution in [0, 0.1) is 27.7 Å². The van der Waals surface area contributed by atoms with Crippen molar-refractivity contribution in [1.29, 1.82) is 0 Å². The van der Waals surface area contributed by atoms with Gasteiger partial charge in [-0.15, -0.1) is 0 Å². The third-order valence-corrected chi connectivity index (χ3v) is 10.1. The largest absolute Gasteiger partial charge is 0.456 e. The van der Waals surface area contributed by atoms with E-state index < -0.39 is 177 Å². The molecule has 0 saturated carbocycles. The van der Waals surface area contributed by atoms with Crippen LogP contribution in [0.5, 0.6) is 0 Å². The Hall–Kier alpha value is -5.92. The minimum Gasteiger partial charge on any atom is -0.456 e. The molecule has 1 atom stereocenters. The standard InChI is InChI=1S/C51H40O/c1-29-23-24-38-46(25-29)52-45-22-14-21-39(50(38)45)48-34-17-10-12-19-36(34)49(37-20-13-11-18-35(37)48)40-27-43-42(26-30(40)2)47-32(4)31(3)41(28-44(47)51(43,5)6)33-15-8-7-9-16-33/h7-28H,1-6H3/i5D2,7D,8D,9D,10D,11D,12D,13D,14D,15D,16D,17D,18D,19D,20D,21D,22D,23D,24D,25D,26D,27D,28D. The maximum Gasteiger partial charge on any atom is 0.136 e. The SMILES string of the molecule is [2H]c1c([2H])c([2H])c(-c2c([2H])c3c(c(C)c2C)-c2c([2H])c(C)c(-c4c5c([2H])c([2H])c([2H])c([2H])c5c(-c5c([2H])c([2H])c([2H])c6oc7c([2H])c(C)c([2H])c([2H])c7c56)c5c([2H])c([2H])c([2H])c([2H])c45)c([2H])c2C3(C)C([2H])[2H])c([2H])c1[2H]. The van der Waals surface area contributed by atoms with Crippen LogP contribution in [-0.4, -0.2) is 0 Å². The van der Waals surface area contributed by atoms with Crippen molar-refractivity contribution in [3.63, 3.8) is 0 Å². The average molecular weight is 693 g/mol. The fourth-order valence-electron chi connectivity index (χ4n) is 7.56. The van der Waals surface area contributed by atoms with Crippen LogP contribution >= 0.6 is 0 Å². The Morgan fingerprint density at radius 3 is 1.81 bits per heavy atom. The molecule has 1 unspecified atom stereocenters. The van der Waals surface area contributed by atoms with Gasteiger partial charge in [-0.1, -0.05) is 123 Å². The number of hydrogen-bond donors (Lipinski definition) is 0. The Labute approximate surface area is 338 Å². The Morgan fingerprint density at radius 2 is 1.13 bits per heavy atom. The van der Waals surface area contributed by atoms with Gasteiger partial charge in [0, 0.05) is 18.9 Å². The highest BCUT2D eigenvalue weighted by Gasteiger charge is 2.38. The average Bonchev–Trinajstić information content (AvgIpc) is 4.10. The van der Waals surface area contributed by atoms with Gasteiger partial charge < -0.3 is 4.42 Å². The van der Waals surface area contributed by atoms with Crippen molar-refractivity contribution in [3.05, 3.63) is 166 Å². The van der Waals surface area contributed by atoms with Gasteiger partial charge in [0.2, 0.25) is 0 Å². The van der Waals surface area contributed by atoms with Crippen molar-refractivity contribution in [2.24, 2.45) is 0 Å². The monoisotopic (exact) mass is 692 g/mol. The maximum atomic E-state index is 10.4. The lowest BCUT2D eigenvalue weighted by Gasteiger charge is -2.25. The molecule has 1 nitrogen and oxygen atoms in total. The molecule has 1 heteroatoms. The third-order valence-electron chi connectivity index (χ3n) is 10.1. The molecule has 0 spiro atoms. The van der Waals surface area contributed by atoms with Crippen LogP contribution in [-0.2, 0) is 5.41 Å². The van der Waals surface area contributed by atoms with Crippen molar-refractivity contribution in [2.75, 3.05) is 0 Å². The van der Waals surface area contributed by atoms with Crippen molar-refractivity contribution < 1.29 is 37.3 Å². The zero-order valence-corrected chi connectivity index (χ0v) is 28.5. The summed E-state index contributed by atoms with van der Waals surface area (Å²) in [4.78, 5) is 0. The number of furan rings is 1. The normalized spacial score (nSPS) is 21.7. The van der Waals surface area contributed by atoms with Crippen LogP contribution in [0.4, 0.5) is 0 Å². The quantitative estimate of drug-likeness (QED) is 0.168. The summed E-state index contributed by atoms with van der Waals surface area (Å²) in [6.07, 6.45) is 0. The molecule has 0 N–H and O–H groups in total. The second-order valence-electron chi connectivity index (χ2n) is 13.2. The first-order valence-corrected chi connectivity index (χ1v) is 16.4. The van der Waals surface area contributed by atoms with Gasteiger partial charge in [0.05, 0.1) is 30.2 Å². The molecule has 1 aliphatic rings. The van der Waals surface area contributed by atoms with Gasteiger partial charge in [0.15, 0.2) is 0 Å². The van der Waals surface area contributed by atoms with Gasteiger partial charge in [0.25, 0.3) is 0 Å². The molecule has 0 saturated heterocycles. The van der Waals surface area contributed by atoms with E-state index in [1.165, 1.54) is 20.8 Å². The highest BCUT2D eigenvalue weighted by Crippen LogP contribution is 2.55. The van der Waals surface area contributed by atoms with E-state index in [2.05, 4.69) is 0 Å². The Bertz CT molecular complexity index is 4180. The summed E-state index contributed by atoms with van der Waals surface area (Å²) < 4.78 is 227. The minimum atomic E-state index is -2.09. The van der Waals surface area contributed by atoms with Gasteiger partial charge in [-0.25, -0.2) is 0 Å². The van der Waals surface area contributed by atoms with Crippen molar-refractivity contribution in [3.8, 4) is 44.5 Å². The minimum absolute atomic E-state index is 0.00932. The molecule has 1 aliphatic carbocycles. The molecule has 52 heavy (non-hydrogen) atoms. The number of rotatable bonds is 3. The van der Waals surface area contributed by atoms with E-state index in [-0.39, 0.29) is 84.1 Å². The predicted octanol–water partition coefficient (Wildman–Crippen LogP) is 14.4. The summed E-state index contributed by atoms with van der Waals surface area (Å²) in [7, 11) is 0. The molecule has 8 aromatic carbocycles. The van der Waals surface area contributed by atoms with Gasteiger partial charge in [0.1, 0.15) is 11.2 Å². The summed E-state index contributed by atoms with van der Waals surface area (Å²) in [5.74, 6) is 0. The van der Waals surface area contributed by atoms with Crippen LogP contribution in [0.2, 0.25) is 0 Å². The molecule has 0 fully saturated rings. The lowest BCUT2D eigenvalue weighted by molar-refractivity contribution is 0.660. The number of fused-ring (bicyclic) bond motifs is 8. The van der Waals surface area contributed by atoms with E-state index in [9.17, 15) is 13.7 Å². The summed E-state index contributed by atoms with van der Waals surface area (Å²) in [5, 5.41) is -2.72. The number of benzene rings is 8. The molecule has 1 heterocycles. The van der Waals surface area contributed by atoms with Crippen LogP contribution in [0.15, 0.2) is 137 Å². The number of hydrogen-bond acceptors (Lipinski definition) is 1. The summed E-state index contributed by atoms with van der Waals surface area (Å²) in [6.45, 7) is 5.29. The van der Waals surface area contributed by atoms with E-state index in [1.54, 1.807) is 13.8 Å². The van der Waals surface area contributed by atoms with E-state index in [0.29, 0.717) is 5.56 Å². The molecule has 0 radical (unpaired) electrons. The van der Waals surface area contributed by atoms with Crippen molar-refractivity contribution in [2.45, 2.75) is 46.9 Å². The van der Waals surface area contributed by atoms with Gasteiger partial charge in [-0.2, -0.15) is 0 Å². The Morgan fingerprint density at radius 1 is 0.500 bits per heavy atom. The summed E-state index contributed by atoms with van der Waals surface area (Å²) in [5.41, 5.74) is -4.79. The zero-order chi connectivity index (χ0) is 56.2. The van der Waals surface area contributed by atoms with Crippen LogP contribution < -0.4 is 0 Å². The first-order valence-electron chi connectivity index (χ1n) is 28.6. The molecular weight excluding hydrogens is 629 g/mol. The van der Waals surface area contributed by atoms with Crippen LogP contribution in [0.25, 0.3) is 88.0 Å². The lowest BCUT2D eigenvalue weighted by Crippen LogP contribution is -2.15. The topological polar surface area (TPSA) is 13.1 Å². The van der Waals surface area contributed by atoms with Crippen LogP contribution in [0.1, 0.15) is 80.1 Å². The lowest BCUT2D eigenvalue weighted by atomic mass is 9.78. The van der Waals surface area contributed by atoms with E-state index in [4.69, 9.17) is 23.6 Å². The van der Waals surface area contributed by atoms with E-state index in [1.807, 2.05) is 0 Å². The van der Waals surface area contributed by atoms with Gasteiger partial charge in [-0.05, 0) is 151 Å². The molecule has 250 valence electrons. The first kappa shape index (κ1) is 15.0. The zero-order valence-electron chi connectivity index (χ0n) is 52.5. The fraction of sp³-hybridized carbons (Fsp3) is 0.137. The first-order chi connectivity index (χ1) is 35.3. The van der Waals surface area contributed by atoms with Gasteiger partial charge in [-0.3, -0.25) is 0 Å². The second-order valence-corrected chi connectivity index (χ2v) is 13.2. The highest BCUT2D eigenvalue weighted by molar-refractivity contribution is 6.25. The fourth-order valence-corrected chi connectivity index (χ4v) is 7.56. The Balaban J connectivity index is 1.47. The van der Waals surface area contributed by atoms with Crippen molar-refractivity contribution in [1.82, 2.24) is 0 Å². The maximum absolute atomic E-state index is 10.4. The molecule has 0 aliphatic heterocycles. The van der Waals surface area contributed by atoms with Crippen LogP contribution in [0.3, 0.4) is 0 Å². The summed E-state index contributed by atoms with van der Waals surface area (Å²) >= 11 is 0. The molecule has 0 bridgehead atoms. The highest BCUT2D eigenvalue weighted by atomic mass is 16.3. The molecule has 0 amide bonds. The predicted molar refractivity (Wildman–Crippen MR) is 222 cm³/mol. The Kier molecular flexibility index (Phi) is 3.18. The van der Waals surface area contributed by atoms with Crippen molar-refractivity contribution >= 4 is 43.5 Å². The summed E-state index contributed by atoms with van der Waals surface area (Å²) in [6, 6.07) is -15.3. The third kappa shape index (κ3) is 4.23. The van der Waals surface area contributed by atoms with Gasteiger partial charge >= 0.3 is 0 Å². The smallest absolute Gasteiger partial charge is 0.136 e. The van der Waals surface area contributed by atoms with E-state index >= 15 is 0 Å². The molecule has 1 aromatic heterocycles. The van der Waals surface area contributed by atoms with E-state index in [0.717, 1.165) is 0 Å². The molecule has 9 aromatic rings.